The molecule has 0 amide bonds. The quantitative estimate of drug-likeness (QED) is 0.664. The zero-order valence-corrected chi connectivity index (χ0v) is 12.2. The van der Waals surface area contributed by atoms with Crippen molar-refractivity contribution in [3.8, 4) is 0 Å². The van der Waals surface area contributed by atoms with Crippen LogP contribution in [0.2, 0.25) is 0 Å². The maximum Gasteiger partial charge on any atom is 0.304 e. The average molecular weight is 288 g/mol. The number of rotatable bonds is 4. The second-order valence-electron chi connectivity index (χ2n) is 5.15. The zero-order chi connectivity index (χ0) is 15.6. The first kappa shape index (κ1) is 15.0. The maximum atomic E-state index is 13.6. The highest BCUT2D eigenvalue weighted by molar-refractivity contribution is 5.51. The summed E-state index contributed by atoms with van der Waals surface area (Å²) >= 11 is 0. The molecule has 0 saturated heterocycles. The molecule has 0 aliphatic rings. The Morgan fingerprint density at radius 3 is 2.48 bits per heavy atom. The minimum atomic E-state index is -0.835. The summed E-state index contributed by atoms with van der Waals surface area (Å²) in [5, 5.41) is 13.8. The molecule has 0 saturated carbocycles. The van der Waals surface area contributed by atoms with Crippen molar-refractivity contribution in [3.63, 3.8) is 0 Å². The Labute approximate surface area is 122 Å². The van der Waals surface area contributed by atoms with E-state index in [4.69, 9.17) is 0 Å². The van der Waals surface area contributed by atoms with E-state index in [-0.39, 0.29) is 6.04 Å². The second-order valence-corrected chi connectivity index (χ2v) is 5.15. The average Bonchev–Trinajstić information content (AvgIpc) is 2.37. The van der Waals surface area contributed by atoms with Crippen LogP contribution in [-0.2, 0) is 0 Å². The Morgan fingerprint density at radius 2 is 1.90 bits per heavy atom. The summed E-state index contributed by atoms with van der Waals surface area (Å²) < 4.78 is 13.6. The van der Waals surface area contributed by atoms with Crippen molar-refractivity contribution in [1.82, 2.24) is 0 Å². The molecule has 2 aromatic rings. The first-order valence-corrected chi connectivity index (χ1v) is 6.66. The number of hydrogen-bond acceptors (Lipinski definition) is 3. The van der Waals surface area contributed by atoms with Gasteiger partial charge in [-0.3, -0.25) is 10.1 Å². The van der Waals surface area contributed by atoms with Gasteiger partial charge < -0.3 is 5.32 Å². The molecular weight excluding hydrogens is 271 g/mol. The van der Waals surface area contributed by atoms with Crippen LogP contribution >= 0.6 is 0 Å². The molecule has 0 spiro atoms. The molecule has 0 fully saturated rings. The van der Waals surface area contributed by atoms with Crippen molar-refractivity contribution in [2.75, 3.05) is 5.32 Å². The second kappa shape index (κ2) is 5.91. The van der Waals surface area contributed by atoms with E-state index in [0.717, 1.165) is 17.2 Å². The van der Waals surface area contributed by atoms with Gasteiger partial charge in [0.25, 0.3) is 0 Å². The largest absolute Gasteiger partial charge is 0.378 e. The lowest BCUT2D eigenvalue weighted by molar-refractivity contribution is -0.387. The molecule has 0 aliphatic carbocycles. The number of nitrogens with one attached hydrogen (secondary N) is 1. The normalized spacial score (nSPS) is 12.0. The molecule has 21 heavy (non-hydrogen) atoms. The number of aryl methyl sites for hydroxylation is 2. The third-order valence-electron chi connectivity index (χ3n) is 3.42. The van der Waals surface area contributed by atoms with E-state index >= 15 is 0 Å². The molecule has 1 unspecified atom stereocenters. The molecule has 1 atom stereocenters. The fraction of sp³-hybridized carbons (Fsp3) is 0.250. The van der Waals surface area contributed by atoms with Gasteiger partial charge in [0.2, 0.25) is 5.82 Å². The van der Waals surface area contributed by atoms with Crippen molar-refractivity contribution in [3.05, 3.63) is 69.0 Å². The Bertz CT molecular complexity index is 686. The molecule has 2 aromatic carbocycles. The number of nitro groups is 1. The van der Waals surface area contributed by atoms with Gasteiger partial charge in [-0.05, 0) is 38.0 Å². The lowest BCUT2D eigenvalue weighted by Gasteiger charge is -2.18. The minimum Gasteiger partial charge on any atom is -0.378 e. The van der Waals surface area contributed by atoms with Gasteiger partial charge in [-0.15, -0.1) is 0 Å². The summed E-state index contributed by atoms with van der Waals surface area (Å²) in [6, 6.07) is 9.96. The van der Waals surface area contributed by atoms with E-state index in [2.05, 4.69) is 11.4 Å². The summed E-state index contributed by atoms with van der Waals surface area (Å²) in [7, 11) is 0. The van der Waals surface area contributed by atoms with Crippen molar-refractivity contribution in [2.45, 2.75) is 26.8 Å². The number of nitro benzene ring substituents is 1. The van der Waals surface area contributed by atoms with Gasteiger partial charge in [0.15, 0.2) is 0 Å². The lowest BCUT2D eigenvalue weighted by Crippen LogP contribution is -2.08. The van der Waals surface area contributed by atoms with E-state index in [1.54, 1.807) is 0 Å². The van der Waals surface area contributed by atoms with Crippen molar-refractivity contribution < 1.29 is 9.31 Å². The number of anilines is 1. The Balaban J connectivity index is 2.21. The zero-order valence-electron chi connectivity index (χ0n) is 12.2. The van der Waals surface area contributed by atoms with Crippen LogP contribution in [0.5, 0.6) is 0 Å². The molecule has 5 heteroatoms. The Hall–Kier alpha value is -2.43. The predicted molar refractivity (Wildman–Crippen MR) is 81.0 cm³/mol. The van der Waals surface area contributed by atoms with E-state index in [0.29, 0.717) is 5.69 Å². The molecule has 0 radical (unpaired) electrons. The summed E-state index contributed by atoms with van der Waals surface area (Å²) in [5.41, 5.74) is 3.45. The first-order chi connectivity index (χ1) is 9.88. The van der Waals surface area contributed by atoms with Crippen LogP contribution in [0.25, 0.3) is 0 Å². The number of benzene rings is 2. The van der Waals surface area contributed by atoms with Crippen LogP contribution in [0.3, 0.4) is 0 Å². The molecule has 110 valence electrons. The van der Waals surface area contributed by atoms with Gasteiger partial charge in [-0.25, -0.2) is 0 Å². The Morgan fingerprint density at radius 1 is 1.19 bits per heavy atom. The highest BCUT2D eigenvalue weighted by Gasteiger charge is 2.15. The van der Waals surface area contributed by atoms with Crippen LogP contribution in [-0.4, -0.2) is 4.92 Å². The molecule has 0 aliphatic heterocycles. The maximum absolute atomic E-state index is 13.6. The van der Waals surface area contributed by atoms with Gasteiger partial charge in [0.05, 0.1) is 4.92 Å². The number of halogens is 1. The third kappa shape index (κ3) is 3.37. The molecule has 0 aromatic heterocycles. The van der Waals surface area contributed by atoms with Gasteiger partial charge in [0, 0.05) is 23.9 Å². The van der Waals surface area contributed by atoms with Crippen LogP contribution < -0.4 is 5.32 Å². The minimum absolute atomic E-state index is 0.0218. The fourth-order valence-electron chi connectivity index (χ4n) is 2.38. The molecule has 0 bridgehead atoms. The van der Waals surface area contributed by atoms with Crippen molar-refractivity contribution >= 4 is 11.4 Å². The molecule has 0 heterocycles. The molecule has 1 N–H and O–H groups in total. The molecule has 4 nitrogen and oxygen atoms in total. The van der Waals surface area contributed by atoms with Gasteiger partial charge in [-0.2, -0.15) is 4.39 Å². The third-order valence-corrected chi connectivity index (χ3v) is 3.42. The van der Waals surface area contributed by atoms with Crippen LogP contribution in [0.4, 0.5) is 15.8 Å². The van der Waals surface area contributed by atoms with Crippen molar-refractivity contribution in [2.24, 2.45) is 0 Å². The SMILES string of the molecule is Cc1ccc(C(C)Nc2ccc([N+](=O)[O-])c(F)c2)c(C)c1. The van der Waals surface area contributed by atoms with Crippen LogP contribution in [0, 0.1) is 29.8 Å². The topological polar surface area (TPSA) is 55.2 Å². The van der Waals surface area contributed by atoms with Crippen molar-refractivity contribution in [1.29, 1.82) is 0 Å². The standard InChI is InChI=1S/C16H17FN2O2/c1-10-4-6-14(11(2)8-10)12(3)18-13-5-7-16(19(20)21)15(17)9-13/h4-9,12,18H,1-3H3. The summed E-state index contributed by atoms with van der Waals surface area (Å²) in [4.78, 5) is 9.87. The first-order valence-electron chi connectivity index (χ1n) is 6.66. The number of nitrogens with zero attached hydrogens (tertiary/aromatic N) is 1. The smallest absolute Gasteiger partial charge is 0.304 e. The van der Waals surface area contributed by atoms with Gasteiger partial charge >= 0.3 is 5.69 Å². The summed E-state index contributed by atoms with van der Waals surface area (Å²) in [6.07, 6.45) is 0. The lowest BCUT2D eigenvalue weighted by atomic mass is 10.00. The van der Waals surface area contributed by atoms with E-state index in [9.17, 15) is 14.5 Å². The fourth-order valence-corrected chi connectivity index (χ4v) is 2.38. The highest BCUT2D eigenvalue weighted by atomic mass is 19.1. The van der Waals surface area contributed by atoms with Crippen LogP contribution in [0.15, 0.2) is 36.4 Å². The predicted octanol–water partition coefficient (Wildman–Crippen LogP) is 4.52. The van der Waals surface area contributed by atoms with Crippen LogP contribution in [0.1, 0.15) is 29.7 Å². The summed E-state index contributed by atoms with van der Waals surface area (Å²) in [5.74, 6) is -0.835. The highest BCUT2D eigenvalue weighted by Crippen LogP contribution is 2.26. The molecule has 2 rings (SSSR count). The van der Waals surface area contributed by atoms with E-state index in [1.807, 2.05) is 32.9 Å². The summed E-state index contributed by atoms with van der Waals surface area (Å²) in [6.45, 7) is 6.02. The number of hydrogen-bond donors (Lipinski definition) is 1. The van der Waals surface area contributed by atoms with E-state index in [1.165, 1.54) is 17.7 Å². The van der Waals surface area contributed by atoms with Gasteiger partial charge in [-0.1, -0.05) is 23.8 Å². The Kier molecular flexibility index (Phi) is 4.21. The molecular formula is C16H17FN2O2. The van der Waals surface area contributed by atoms with E-state index < -0.39 is 16.4 Å². The van der Waals surface area contributed by atoms with Gasteiger partial charge in [0.1, 0.15) is 0 Å². The monoisotopic (exact) mass is 288 g/mol.